The van der Waals surface area contributed by atoms with Crippen molar-refractivity contribution in [2.24, 2.45) is 0 Å². The SMILES string of the molecule is O=c1onc2n1[C@@H](CCO)CCCC2. The molecule has 14 heavy (non-hydrogen) atoms. The van der Waals surface area contributed by atoms with Gasteiger partial charge in [0, 0.05) is 19.1 Å². The van der Waals surface area contributed by atoms with Crippen molar-refractivity contribution in [3.05, 3.63) is 16.4 Å². The summed E-state index contributed by atoms with van der Waals surface area (Å²) in [6.07, 6.45) is 4.44. The lowest BCUT2D eigenvalue weighted by molar-refractivity contribution is 0.246. The summed E-state index contributed by atoms with van der Waals surface area (Å²) in [6.45, 7) is 0.0989. The minimum atomic E-state index is -0.389. The van der Waals surface area contributed by atoms with Crippen LogP contribution in [0.2, 0.25) is 0 Å². The quantitative estimate of drug-likeness (QED) is 0.750. The van der Waals surface area contributed by atoms with Gasteiger partial charge in [-0.15, -0.1) is 0 Å². The van der Waals surface area contributed by atoms with Crippen molar-refractivity contribution in [1.82, 2.24) is 9.72 Å². The molecule has 5 nitrogen and oxygen atoms in total. The highest BCUT2D eigenvalue weighted by Gasteiger charge is 2.22. The number of aliphatic hydroxyl groups is 1. The summed E-state index contributed by atoms with van der Waals surface area (Å²) in [5.41, 5.74) is 0. The molecule has 0 fully saturated rings. The highest BCUT2D eigenvalue weighted by molar-refractivity contribution is 4.91. The van der Waals surface area contributed by atoms with E-state index in [1.165, 1.54) is 0 Å². The lowest BCUT2D eigenvalue weighted by Gasteiger charge is -2.13. The van der Waals surface area contributed by atoms with Gasteiger partial charge in [0.15, 0.2) is 5.82 Å². The van der Waals surface area contributed by atoms with E-state index in [0.29, 0.717) is 6.42 Å². The molecule has 1 aliphatic heterocycles. The van der Waals surface area contributed by atoms with Crippen molar-refractivity contribution in [1.29, 1.82) is 0 Å². The predicted molar refractivity (Wildman–Crippen MR) is 49.1 cm³/mol. The average Bonchev–Trinajstić information content (AvgIpc) is 2.43. The Kier molecular flexibility index (Phi) is 2.67. The van der Waals surface area contributed by atoms with Gasteiger partial charge >= 0.3 is 5.76 Å². The van der Waals surface area contributed by atoms with Crippen LogP contribution in [0, 0.1) is 0 Å². The van der Waals surface area contributed by atoms with Gasteiger partial charge in [-0.25, -0.2) is 4.79 Å². The Morgan fingerprint density at radius 2 is 2.43 bits per heavy atom. The van der Waals surface area contributed by atoms with Crippen LogP contribution < -0.4 is 5.76 Å². The molecule has 1 aromatic rings. The number of rotatable bonds is 2. The van der Waals surface area contributed by atoms with Crippen LogP contribution in [0.3, 0.4) is 0 Å². The van der Waals surface area contributed by atoms with E-state index in [4.69, 9.17) is 5.11 Å². The molecule has 0 spiro atoms. The van der Waals surface area contributed by atoms with Gasteiger partial charge in [0.1, 0.15) is 0 Å². The smallest absolute Gasteiger partial charge is 0.396 e. The summed E-state index contributed by atoms with van der Waals surface area (Å²) in [6, 6.07) is 0.0660. The molecule has 5 heteroatoms. The Hall–Kier alpha value is -1.10. The summed E-state index contributed by atoms with van der Waals surface area (Å²) in [7, 11) is 0. The van der Waals surface area contributed by atoms with Crippen LogP contribution in [0.5, 0.6) is 0 Å². The molecule has 0 amide bonds. The molecule has 2 rings (SSSR count). The zero-order valence-corrected chi connectivity index (χ0v) is 7.98. The van der Waals surface area contributed by atoms with Crippen LogP contribution in [-0.2, 0) is 6.42 Å². The van der Waals surface area contributed by atoms with Crippen molar-refractivity contribution < 1.29 is 9.63 Å². The van der Waals surface area contributed by atoms with E-state index in [2.05, 4.69) is 9.68 Å². The Balaban J connectivity index is 2.35. The fourth-order valence-electron chi connectivity index (χ4n) is 2.03. The van der Waals surface area contributed by atoms with Gasteiger partial charge < -0.3 is 5.11 Å². The molecule has 1 atom stereocenters. The molecule has 2 heterocycles. The third-order valence-electron chi connectivity index (χ3n) is 2.72. The normalized spacial score (nSPS) is 21.6. The molecule has 0 aliphatic carbocycles. The molecular formula is C9H14N2O3. The third kappa shape index (κ3) is 1.59. The fraction of sp³-hybridized carbons (Fsp3) is 0.778. The molecule has 1 aromatic heterocycles. The van der Waals surface area contributed by atoms with Crippen molar-refractivity contribution >= 4 is 0 Å². The maximum atomic E-state index is 11.4. The van der Waals surface area contributed by atoms with Gasteiger partial charge in [0.25, 0.3) is 0 Å². The number of nitrogens with zero attached hydrogens (tertiary/aromatic N) is 2. The van der Waals surface area contributed by atoms with Crippen molar-refractivity contribution in [2.75, 3.05) is 6.61 Å². The molecule has 0 unspecified atom stereocenters. The molecule has 0 saturated heterocycles. The van der Waals surface area contributed by atoms with E-state index < -0.39 is 0 Å². The molecular weight excluding hydrogens is 184 g/mol. The Labute approximate surface area is 81.3 Å². The van der Waals surface area contributed by atoms with Gasteiger partial charge in [0.05, 0.1) is 0 Å². The molecule has 1 aliphatic rings. The zero-order valence-electron chi connectivity index (χ0n) is 7.98. The Bertz CT molecular complexity index is 355. The van der Waals surface area contributed by atoms with Gasteiger partial charge in [-0.2, -0.15) is 0 Å². The first-order chi connectivity index (χ1) is 6.83. The first-order valence-corrected chi connectivity index (χ1v) is 5.01. The predicted octanol–water partition coefficient (Wildman–Crippen LogP) is 0.486. The maximum Gasteiger partial charge on any atom is 0.441 e. The van der Waals surface area contributed by atoms with Gasteiger partial charge in [-0.05, 0) is 19.3 Å². The summed E-state index contributed by atoms with van der Waals surface area (Å²) < 4.78 is 6.23. The van der Waals surface area contributed by atoms with Gasteiger partial charge in [-0.3, -0.25) is 9.09 Å². The van der Waals surface area contributed by atoms with Crippen molar-refractivity contribution in [3.8, 4) is 0 Å². The van der Waals surface area contributed by atoms with E-state index in [1.54, 1.807) is 4.57 Å². The van der Waals surface area contributed by atoms with Crippen LogP contribution in [0.1, 0.15) is 37.5 Å². The second-order valence-corrected chi connectivity index (χ2v) is 3.65. The van der Waals surface area contributed by atoms with Gasteiger partial charge in [0.2, 0.25) is 0 Å². The minimum absolute atomic E-state index is 0.0660. The maximum absolute atomic E-state index is 11.4. The van der Waals surface area contributed by atoms with Gasteiger partial charge in [-0.1, -0.05) is 11.6 Å². The number of aliphatic hydroxyl groups excluding tert-OH is 1. The third-order valence-corrected chi connectivity index (χ3v) is 2.72. The second-order valence-electron chi connectivity index (χ2n) is 3.65. The first-order valence-electron chi connectivity index (χ1n) is 5.01. The lowest BCUT2D eigenvalue weighted by Crippen LogP contribution is -2.22. The number of aromatic nitrogens is 2. The first kappa shape index (κ1) is 9.45. The standard InChI is InChI=1S/C9H14N2O3/c12-6-5-7-3-1-2-4-8-10-14-9(13)11(7)8/h7,12H,1-6H2/t7-/m1/s1. The van der Waals surface area contributed by atoms with Crippen LogP contribution >= 0.6 is 0 Å². The monoisotopic (exact) mass is 198 g/mol. The summed E-state index contributed by atoms with van der Waals surface area (Å²) in [4.78, 5) is 11.4. The van der Waals surface area contributed by atoms with E-state index in [-0.39, 0.29) is 18.4 Å². The topological polar surface area (TPSA) is 68.3 Å². The fourth-order valence-corrected chi connectivity index (χ4v) is 2.03. The number of fused-ring (bicyclic) bond motifs is 1. The Morgan fingerprint density at radius 1 is 1.57 bits per heavy atom. The Morgan fingerprint density at radius 3 is 3.21 bits per heavy atom. The molecule has 0 radical (unpaired) electrons. The van der Waals surface area contributed by atoms with E-state index in [1.807, 2.05) is 0 Å². The lowest BCUT2D eigenvalue weighted by atomic mass is 10.1. The highest BCUT2D eigenvalue weighted by Crippen LogP contribution is 2.23. The van der Waals surface area contributed by atoms with Crippen LogP contribution in [-0.4, -0.2) is 21.4 Å². The number of aryl methyl sites for hydroxylation is 1. The molecule has 0 bridgehead atoms. The van der Waals surface area contributed by atoms with Crippen LogP contribution in [0.25, 0.3) is 0 Å². The summed E-state index contributed by atoms with van der Waals surface area (Å²) >= 11 is 0. The largest absolute Gasteiger partial charge is 0.441 e. The van der Waals surface area contributed by atoms with Crippen LogP contribution in [0.15, 0.2) is 9.32 Å². The molecule has 1 N–H and O–H groups in total. The highest BCUT2D eigenvalue weighted by atomic mass is 16.5. The average molecular weight is 198 g/mol. The molecule has 0 aromatic carbocycles. The van der Waals surface area contributed by atoms with E-state index >= 15 is 0 Å². The molecule has 0 saturated carbocycles. The van der Waals surface area contributed by atoms with Crippen molar-refractivity contribution in [2.45, 2.75) is 38.1 Å². The van der Waals surface area contributed by atoms with Crippen molar-refractivity contribution in [3.63, 3.8) is 0 Å². The summed E-state index contributed by atoms with van der Waals surface area (Å²) in [5, 5.41) is 12.6. The molecule has 78 valence electrons. The number of hydrogen-bond donors (Lipinski definition) is 1. The number of hydrogen-bond acceptors (Lipinski definition) is 4. The summed E-state index contributed by atoms with van der Waals surface area (Å²) in [5.74, 6) is 0.339. The second kappa shape index (κ2) is 3.96. The minimum Gasteiger partial charge on any atom is -0.396 e. The van der Waals surface area contributed by atoms with E-state index in [0.717, 1.165) is 31.5 Å². The van der Waals surface area contributed by atoms with E-state index in [9.17, 15) is 4.79 Å². The zero-order chi connectivity index (χ0) is 9.97. The van der Waals surface area contributed by atoms with Crippen LogP contribution in [0.4, 0.5) is 0 Å².